The normalized spacial score (nSPS) is 10.6. The summed E-state index contributed by atoms with van der Waals surface area (Å²) in [7, 11) is 0. The third-order valence-corrected chi connectivity index (χ3v) is 3.04. The second-order valence-electron chi connectivity index (χ2n) is 4.25. The molecular formula is C14H14ClFN2O. The largest absolute Gasteiger partial charge is 0.439 e. The van der Waals surface area contributed by atoms with Gasteiger partial charge in [0.1, 0.15) is 11.6 Å². The molecule has 2 N–H and O–H groups in total. The Morgan fingerprint density at radius 2 is 2.05 bits per heavy atom. The van der Waals surface area contributed by atoms with Gasteiger partial charge in [0.05, 0.1) is 5.02 Å². The van der Waals surface area contributed by atoms with E-state index in [1.165, 1.54) is 18.2 Å². The van der Waals surface area contributed by atoms with E-state index in [0.717, 1.165) is 16.8 Å². The Labute approximate surface area is 116 Å². The fraction of sp³-hybridized carbons (Fsp3) is 0.214. The Bertz CT molecular complexity index is 617. The molecule has 0 amide bonds. The molecule has 1 aromatic carbocycles. The SMILES string of the molecule is Cc1cc(C)c(CN)c(Oc2ccc(F)c(Cl)c2)n1. The van der Waals surface area contributed by atoms with Crippen LogP contribution in [-0.4, -0.2) is 4.98 Å². The van der Waals surface area contributed by atoms with Gasteiger partial charge in [0, 0.05) is 23.9 Å². The second-order valence-corrected chi connectivity index (χ2v) is 4.65. The molecule has 0 fully saturated rings. The van der Waals surface area contributed by atoms with E-state index in [9.17, 15) is 4.39 Å². The zero-order chi connectivity index (χ0) is 14.0. The van der Waals surface area contributed by atoms with Gasteiger partial charge in [0.25, 0.3) is 0 Å². The molecule has 0 aliphatic carbocycles. The Morgan fingerprint density at radius 1 is 1.32 bits per heavy atom. The molecule has 1 aromatic heterocycles. The molecule has 100 valence electrons. The number of rotatable bonds is 3. The van der Waals surface area contributed by atoms with Gasteiger partial charge in [0.2, 0.25) is 5.88 Å². The lowest BCUT2D eigenvalue weighted by Crippen LogP contribution is -2.05. The summed E-state index contributed by atoms with van der Waals surface area (Å²) < 4.78 is 18.7. The summed E-state index contributed by atoms with van der Waals surface area (Å²) in [5.74, 6) is 0.378. The number of hydrogen-bond donors (Lipinski definition) is 1. The van der Waals surface area contributed by atoms with Crippen molar-refractivity contribution in [1.82, 2.24) is 4.98 Å². The Morgan fingerprint density at radius 3 is 2.68 bits per heavy atom. The van der Waals surface area contributed by atoms with Gasteiger partial charge in [-0.25, -0.2) is 9.37 Å². The van der Waals surface area contributed by atoms with Crippen LogP contribution in [0.5, 0.6) is 11.6 Å². The molecule has 3 nitrogen and oxygen atoms in total. The van der Waals surface area contributed by atoms with Crippen LogP contribution in [0.15, 0.2) is 24.3 Å². The number of benzene rings is 1. The summed E-state index contributed by atoms with van der Waals surface area (Å²) in [4.78, 5) is 4.31. The van der Waals surface area contributed by atoms with Gasteiger partial charge in [-0.05, 0) is 37.6 Å². The number of nitrogens with two attached hydrogens (primary N) is 1. The van der Waals surface area contributed by atoms with E-state index in [-0.39, 0.29) is 5.02 Å². The lowest BCUT2D eigenvalue weighted by molar-refractivity contribution is 0.453. The Kier molecular flexibility index (Phi) is 4.02. The summed E-state index contributed by atoms with van der Waals surface area (Å²) in [6.45, 7) is 4.14. The van der Waals surface area contributed by atoms with Crippen molar-refractivity contribution in [3.8, 4) is 11.6 Å². The molecule has 0 aliphatic heterocycles. The minimum Gasteiger partial charge on any atom is -0.439 e. The van der Waals surface area contributed by atoms with E-state index < -0.39 is 5.82 Å². The summed E-state index contributed by atoms with van der Waals surface area (Å²) in [6, 6.07) is 6.10. The molecule has 0 radical (unpaired) electrons. The molecule has 0 aliphatic rings. The summed E-state index contributed by atoms with van der Waals surface area (Å²) in [6.07, 6.45) is 0. The van der Waals surface area contributed by atoms with Crippen LogP contribution in [0.1, 0.15) is 16.8 Å². The molecule has 1 heterocycles. The highest BCUT2D eigenvalue weighted by molar-refractivity contribution is 6.30. The smallest absolute Gasteiger partial charge is 0.224 e. The van der Waals surface area contributed by atoms with Crippen molar-refractivity contribution in [2.45, 2.75) is 20.4 Å². The first kappa shape index (κ1) is 13.8. The molecule has 5 heteroatoms. The van der Waals surface area contributed by atoms with Crippen molar-refractivity contribution in [2.75, 3.05) is 0 Å². The number of aromatic nitrogens is 1. The summed E-state index contributed by atoms with van der Waals surface area (Å²) in [5.41, 5.74) is 8.37. The molecular weight excluding hydrogens is 267 g/mol. The van der Waals surface area contributed by atoms with Crippen LogP contribution in [-0.2, 0) is 6.54 Å². The van der Waals surface area contributed by atoms with E-state index in [2.05, 4.69) is 4.98 Å². The third-order valence-electron chi connectivity index (χ3n) is 2.75. The van der Waals surface area contributed by atoms with Gasteiger partial charge >= 0.3 is 0 Å². The van der Waals surface area contributed by atoms with Gasteiger partial charge in [0.15, 0.2) is 0 Å². The maximum atomic E-state index is 13.1. The maximum Gasteiger partial charge on any atom is 0.224 e. The highest BCUT2D eigenvalue weighted by Gasteiger charge is 2.11. The van der Waals surface area contributed by atoms with Crippen LogP contribution in [0.4, 0.5) is 4.39 Å². The third kappa shape index (κ3) is 3.03. The number of ether oxygens (including phenoxy) is 1. The highest BCUT2D eigenvalue weighted by Crippen LogP contribution is 2.28. The molecule has 0 spiro atoms. The quantitative estimate of drug-likeness (QED) is 0.932. The van der Waals surface area contributed by atoms with Crippen LogP contribution in [0.2, 0.25) is 5.02 Å². The Balaban J connectivity index is 2.39. The number of hydrogen-bond acceptors (Lipinski definition) is 3. The van der Waals surface area contributed by atoms with E-state index >= 15 is 0 Å². The molecule has 2 rings (SSSR count). The standard InChI is InChI=1S/C14H14ClFN2O/c1-8-5-9(2)18-14(11(8)7-17)19-10-3-4-13(16)12(15)6-10/h3-6H,7,17H2,1-2H3. The molecule has 0 atom stereocenters. The van der Waals surface area contributed by atoms with E-state index in [0.29, 0.717) is 18.2 Å². The fourth-order valence-corrected chi connectivity index (χ4v) is 1.98. The summed E-state index contributed by atoms with van der Waals surface area (Å²) in [5, 5.41) is 0.0103. The van der Waals surface area contributed by atoms with Crippen molar-refractivity contribution in [2.24, 2.45) is 5.73 Å². The van der Waals surface area contributed by atoms with Crippen LogP contribution < -0.4 is 10.5 Å². The van der Waals surface area contributed by atoms with Gasteiger partial charge in [-0.3, -0.25) is 0 Å². The first-order chi connectivity index (χ1) is 9.01. The highest BCUT2D eigenvalue weighted by atomic mass is 35.5. The zero-order valence-corrected chi connectivity index (χ0v) is 11.5. The van der Waals surface area contributed by atoms with E-state index in [4.69, 9.17) is 22.1 Å². The molecule has 2 aromatic rings. The predicted molar refractivity (Wildman–Crippen MR) is 73.1 cm³/mol. The summed E-state index contributed by atoms with van der Waals surface area (Å²) >= 11 is 5.72. The second kappa shape index (κ2) is 5.55. The topological polar surface area (TPSA) is 48.1 Å². The van der Waals surface area contributed by atoms with Crippen molar-refractivity contribution >= 4 is 11.6 Å². The molecule has 0 unspecified atom stereocenters. The number of pyridine rings is 1. The van der Waals surface area contributed by atoms with Crippen LogP contribution in [0, 0.1) is 19.7 Å². The van der Waals surface area contributed by atoms with E-state index in [1.807, 2.05) is 19.9 Å². The Hall–Kier alpha value is -1.65. The van der Waals surface area contributed by atoms with Crippen molar-refractivity contribution in [1.29, 1.82) is 0 Å². The van der Waals surface area contributed by atoms with Crippen LogP contribution >= 0.6 is 11.6 Å². The molecule has 19 heavy (non-hydrogen) atoms. The van der Waals surface area contributed by atoms with Crippen molar-refractivity contribution < 1.29 is 9.13 Å². The molecule has 0 saturated heterocycles. The van der Waals surface area contributed by atoms with Gasteiger partial charge in [-0.15, -0.1) is 0 Å². The van der Waals surface area contributed by atoms with Gasteiger partial charge < -0.3 is 10.5 Å². The average Bonchev–Trinajstić information content (AvgIpc) is 2.33. The zero-order valence-electron chi connectivity index (χ0n) is 10.7. The van der Waals surface area contributed by atoms with Crippen molar-refractivity contribution in [3.05, 3.63) is 51.9 Å². The molecule has 0 saturated carbocycles. The minimum atomic E-state index is -0.485. The number of nitrogens with zero attached hydrogens (tertiary/aromatic N) is 1. The van der Waals surface area contributed by atoms with Crippen molar-refractivity contribution in [3.63, 3.8) is 0 Å². The lowest BCUT2D eigenvalue weighted by Gasteiger charge is -2.12. The number of halogens is 2. The van der Waals surface area contributed by atoms with Gasteiger partial charge in [-0.1, -0.05) is 11.6 Å². The monoisotopic (exact) mass is 280 g/mol. The fourth-order valence-electron chi connectivity index (χ4n) is 1.81. The number of aryl methyl sites for hydroxylation is 2. The first-order valence-electron chi connectivity index (χ1n) is 5.81. The van der Waals surface area contributed by atoms with Crippen LogP contribution in [0.3, 0.4) is 0 Å². The first-order valence-corrected chi connectivity index (χ1v) is 6.19. The predicted octanol–water partition coefficient (Wildman–Crippen LogP) is 3.74. The van der Waals surface area contributed by atoms with Crippen LogP contribution in [0.25, 0.3) is 0 Å². The molecule has 0 bridgehead atoms. The van der Waals surface area contributed by atoms with Gasteiger partial charge in [-0.2, -0.15) is 0 Å². The average molecular weight is 281 g/mol. The van der Waals surface area contributed by atoms with E-state index in [1.54, 1.807) is 0 Å². The maximum absolute atomic E-state index is 13.1. The lowest BCUT2D eigenvalue weighted by atomic mass is 10.1. The minimum absolute atomic E-state index is 0.0103.